The maximum Gasteiger partial charge on any atom is 0.272 e. The van der Waals surface area contributed by atoms with Crippen LogP contribution in [0.5, 0.6) is 0 Å². The molecule has 0 radical (unpaired) electrons. The number of aromatic nitrogens is 1. The molecule has 0 bridgehead atoms. The number of allylic oxidation sites excluding steroid dienone is 2. The fourth-order valence-electron chi connectivity index (χ4n) is 2.87. The molecule has 0 aliphatic carbocycles. The van der Waals surface area contributed by atoms with Crippen molar-refractivity contribution in [1.82, 2.24) is 15.2 Å². The number of hydrogen-bond donors (Lipinski definition) is 1. The molecule has 0 spiro atoms. The summed E-state index contributed by atoms with van der Waals surface area (Å²) in [6, 6.07) is 3.05. The second kappa shape index (κ2) is 9.60. The predicted molar refractivity (Wildman–Crippen MR) is 107 cm³/mol. The van der Waals surface area contributed by atoms with E-state index < -0.39 is 5.92 Å². The van der Waals surface area contributed by atoms with Gasteiger partial charge in [-0.15, -0.1) is 0 Å². The Morgan fingerprint density at radius 3 is 2.59 bits per heavy atom. The van der Waals surface area contributed by atoms with E-state index in [2.05, 4.69) is 33.2 Å². The highest BCUT2D eigenvalue weighted by Crippen LogP contribution is 2.28. The standard InChI is InChI=1S/C20H29F2N5/c1-5-7-17(19(24-10-6-2)27-13-11-23-12-14-27)26(4)18-9-8-16(15-25-18)20(3,21)22/h6-10,15,23H,5,11-14H2,1-4H3/b10-6-,17-7-,24-19+. The van der Waals surface area contributed by atoms with Crippen LogP contribution in [-0.2, 0) is 5.92 Å². The number of halogens is 2. The quantitative estimate of drug-likeness (QED) is 0.606. The minimum absolute atomic E-state index is 0.0921. The van der Waals surface area contributed by atoms with Crippen LogP contribution in [0.3, 0.4) is 0 Å². The number of rotatable bonds is 6. The van der Waals surface area contributed by atoms with E-state index in [9.17, 15) is 8.78 Å². The maximum absolute atomic E-state index is 13.5. The molecule has 0 atom stereocenters. The van der Waals surface area contributed by atoms with E-state index in [1.807, 2.05) is 24.9 Å². The van der Waals surface area contributed by atoms with Crippen molar-refractivity contribution >= 4 is 11.7 Å². The van der Waals surface area contributed by atoms with Crippen molar-refractivity contribution in [2.24, 2.45) is 4.99 Å². The molecule has 1 fully saturated rings. The van der Waals surface area contributed by atoms with Crippen LogP contribution in [-0.4, -0.2) is 48.9 Å². The van der Waals surface area contributed by atoms with Gasteiger partial charge >= 0.3 is 0 Å². The average molecular weight is 377 g/mol. The Morgan fingerprint density at radius 1 is 1.37 bits per heavy atom. The molecule has 0 unspecified atom stereocenters. The lowest BCUT2D eigenvalue weighted by atomic mass is 10.1. The SMILES string of the molecule is C\C=C/N=C(\C(=C\CC)N(C)c1ccc(C(C)(F)F)cn1)N1CCNCC1. The Hall–Kier alpha value is -2.28. The summed E-state index contributed by atoms with van der Waals surface area (Å²) in [4.78, 5) is 13.1. The summed E-state index contributed by atoms with van der Waals surface area (Å²) in [6.45, 7) is 8.39. The van der Waals surface area contributed by atoms with Gasteiger partial charge in [-0.2, -0.15) is 0 Å². The van der Waals surface area contributed by atoms with Gasteiger partial charge in [-0.1, -0.05) is 19.1 Å². The molecule has 1 N–H and O–H groups in total. The summed E-state index contributed by atoms with van der Waals surface area (Å²) in [5.74, 6) is -1.43. The lowest BCUT2D eigenvalue weighted by Gasteiger charge is -2.34. The van der Waals surface area contributed by atoms with Crippen LogP contribution in [0.15, 0.2) is 47.4 Å². The monoisotopic (exact) mass is 377 g/mol. The normalized spacial score (nSPS) is 16.9. The third-order valence-corrected chi connectivity index (χ3v) is 4.35. The Morgan fingerprint density at radius 2 is 2.07 bits per heavy atom. The van der Waals surface area contributed by atoms with Gasteiger partial charge in [-0.25, -0.2) is 18.8 Å². The Bertz CT molecular complexity index is 683. The molecular weight excluding hydrogens is 348 g/mol. The van der Waals surface area contributed by atoms with Gasteiger partial charge in [-0.05, 0) is 25.5 Å². The first kappa shape index (κ1) is 21.0. The fourth-order valence-corrected chi connectivity index (χ4v) is 2.87. The van der Waals surface area contributed by atoms with Crippen LogP contribution in [0.2, 0.25) is 0 Å². The van der Waals surface area contributed by atoms with Gasteiger partial charge in [0.25, 0.3) is 5.92 Å². The number of nitrogens with one attached hydrogen (secondary N) is 1. The number of piperazine rings is 1. The van der Waals surface area contributed by atoms with E-state index in [4.69, 9.17) is 0 Å². The Labute approximate surface area is 160 Å². The fraction of sp³-hybridized carbons (Fsp3) is 0.500. The molecule has 1 aliphatic heterocycles. The first-order chi connectivity index (χ1) is 12.9. The van der Waals surface area contributed by atoms with Gasteiger partial charge in [0, 0.05) is 58.1 Å². The summed E-state index contributed by atoms with van der Waals surface area (Å²) in [5.41, 5.74) is 0.826. The summed E-state index contributed by atoms with van der Waals surface area (Å²) >= 11 is 0. The molecular formula is C20H29F2N5. The van der Waals surface area contributed by atoms with Crippen molar-refractivity contribution in [2.75, 3.05) is 38.1 Å². The van der Waals surface area contributed by atoms with Crippen molar-refractivity contribution in [3.05, 3.63) is 47.9 Å². The number of hydrogen-bond acceptors (Lipinski definition) is 4. The third kappa shape index (κ3) is 5.60. The molecule has 0 aromatic carbocycles. The molecule has 1 aromatic heterocycles. The molecule has 7 heteroatoms. The topological polar surface area (TPSA) is 43.8 Å². The number of pyridine rings is 1. The van der Waals surface area contributed by atoms with Crippen molar-refractivity contribution in [1.29, 1.82) is 0 Å². The second-order valence-corrected chi connectivity index (χ2v) is 6.52. The zero-order chi connectivity index (χ0) is 19.9. The first-order valence-electron chi connectivity index (χ1n) is 9.31. The summed E-state index contributed by atoms with van der Waals surface area (Å²) < 4.78 is 26.9. The van der Waals surface area contributed by atoms with E-state index in [0.717, 1.165) is 51.1 Å². The number of anilines is 1. The van der Waals surface area contributed by atoms with Gasteiger partial charge in [-0.3, -0.25) is 0 Å². The average Bonchev–Trinajstić information content (AvgIpc) is 2.67. The third-order valence-electron chi connectivity index (χ3n) is 4.35. The maximum atomic E-state index is 13.5. The zero-order valence-electron chi connectivity index (χ0n) is 16.5. The lowest BCUT2D eigenvalue weighted by molar-refractivity contribution is 0.0171. The number of alkyl halides is 2. The molecule has 2 heterocycles. The molecule has 0 saturated carbocycles. The van der Waals surface area contributed by atoms with E-state index in [1.165, 1.54) is 12.3 Å². The van der Waals surface area contributed by atoms with Crippen LogP contribution >= 0.6 is 0 Å². The largest absolute Gasteiger partial charge is 0.352 e. The van der Waals surface area contributed by atoms with E-state index in [1.54, 1.807) is 12.3 Å². The van der Waals surface area contributed by atoms with E-state index in [-0.39, 0.29) is 5.56 Å². The highest BCUT2D eigenvalue weighted by atomic mass is 19.3. The van der Waals surface area contributed by atoms with E-state index >= 15 is 0 Å². The summed E-state index contributed by atoms with van der Waals surface area (Å²) in [5, 5.41) is 3.35. The smallest absolute Gasteiger partial charge is 0.272 e. The van der Waals surface area contributed by atoms with Crippen LogP contribution < -0.4 is 10.2 Å². The van der Waals surface area contributed by atoms with Gasteiger partial charge in [0.2, 0.25) is 0 Å². The number of likely N-dealkylation sites (N-methyl/N-ethyl adjacent to an activating group) is 1. The molecule has 27 heavy (non-hydrogen) atoms. The number of aliphatic imine (C=N–C) groups is 1. The highest BCUT2D eigenvalue weighted by molar-refractivity contribution is 6.01. The summed E-state index contributed by atoms with van der Waals surface area (Å²) in [7, 11) is 1.89. The molecule has 1 aromatic rings. The van der Waals surface area contributed by atoms with Gasteiger partial charge in [0.1, 0.15) is 5.82 Å². The molecule has 0 amide bonds. The van der Waals surface area contributed by atoms with Gasteiger partial charge < -0.3 is 15.1 Å². The van der Waals surface area contributed by atoms with Crippen LogP contribution in [0, 0.1) is 0 Å². The Balaban J connectivity index is 2.36. The molecule has 1 saturated heterocycles. The number of nitrogens with zero attached hydrogens (tertiary/aromatic N) is 4. The number of amidine groups is 1. The molecule has 5 nitrogen and oxygen atoms in total. The van der Waals surface area contributed by atoms with Crippen LogP contribution in [0.1, 0.15) is 32.8 Å². The molecule has 2 rings (SSSR count). The predicted octanol–water partition coefficient (Wildman–Crippen LogP) is 3.76. The lowest BCUT2D eigenvalue weighted by Crippen LogP contribution is -2.48. The van der Waals surface area contributed by atoms with Gasteiger partial charge in [0.05, 0.1) is 5.70 Å². The van der Waals surface area contributed by atoms with Crippen molar-refractivity contribution in [3.8, 4) is 0 Å². The second-order valence-electron chi connectivity index (χ2n) is 6.52. The van der Waals surface area contributed by atoms with Crippen molar-refractivity contribution < 1.29 is 8.78 Å². The first-order valence-corrected chi connectivity index (χ1v) is 9.31. The van der Waals surface area contributed by atoms with Crippen LogP contribution in [0.25, 0.3) is 0 Å². The molecule has 148 valence electrons. The minimum atomic E-state index is -2.90. The van der Waals surface area contributed by atoms with Crippen LogP contribution in [0.4, 0.5) is 14.6 Å². The zero-order valence-corrected chi connectivity index (χ0v) is 16.5. The summed E-state index contributed by atoms with van der Waals surface area (Å²) in [6.07, 6.45) is 7.83. The highest BCUT2D eigenvalue weighted by Gasteiger charge is 2.26. The van der Waals surface area contributed by atoms with E-state index in [0.29, 0.717) is 5.82 Å². The van der Waals surface area contributed by atoms with Crippen molar-refractivity contribution in [3.63, 3.8) is 0 Å². The Kier molecular flexibility index (Phi) is 7.47. The minimum Gasteiger partial charge on any atom is -0.352 e. The van der Waals surface area contributed by atoms with Crippen molar-refractivity contribution in [2.45, 2.75) is 33.1 Å². The molecule has 1 aliphatic rings. The van der Waals surface area contributed by atoms with Gasteiger partial charge in [0.15, 0.2) is 5.84 Å².